The molecule has 2 aromatic carbocycles. The number of pyridine rings is 1. The molecule has 0 bridgehead atoms. The van der Waals surface area contributed by atoms with E-state index in [1.807, 2.05) is 24.4 Å². The van der Waals surface area contributed by atoms with E-state index in [4.69, 9.17) is 5.11 Å². The maximum absolute atomic E-state index is 12.8. The molecule has 158 valence electrons. The predicted molar refractivity (Wildman–Crippen MR) is 126 cm³/mol. The third-order valence-corrected chi connectivity index (χ3v) is 7.23. The number of hydrogen-bond donors (Lipinski definition) is 2. The first kappa shape index (κ1) is 20.1. The molecular formula is C25H25N3O2S. The molecule has 6 heteroatoms. The van der Waals surface area contributed by atoms with Crippen LogP contribution in [-0.4, -0.2) is 47.1 Å². The van der Waals surface area contributed by atoms with Crippen LogP contribution in [-0.2, 0) is 6.54 Å². The fourth-order valence-electron chi connectivity index (χ4n) is 4.65. The van der Waals surface area contributed by atoms with Gasteiger partial charge >= 0.3 is 0 Å². The monoisotopic (exact) mass is 431 g/mol. The van der Waals surface area contributed by atoms with Crippen molar-refractivity contribution in [1.29, 1.82) is 0 Å². The summed E-state index contributed by atoms with van der Waals surface area (Å²) in [4.78, 5) is 20.6. The number of fused-ring (bicyclic) bond motifs is 2. The average molecular weight is 432 g/mol. The van der Waals surface area contributed by atoms with Crippen LogP contribution in [0, 0.1) is 0 Å². The Morgan fingerprint density at radius 2 is 2.00 bits per heavy atom. The van der Waals surface area contributed by atoms with Crippen LogP contribution in [0.25, 0.3) is 21.0 Å². The van der Waals surface area contributed by atoms with Gasteiger partial charge in [-0.25, -0.2) is 0 Å². The van der Waals surface area contributed by atoms with Crippen LogP contribution < -0.4 is 5.32 Å². The summed E-state index contributed by atoms with van der Waals surface area (Å²) in [5.41, 5.74) is 3.49. The van der Waals surface area contributed by atoms with Crippen LogP contribution in [0.5, 0.6) is 0 Å². The van der Waals surface area contributed by atoms with Gasteiger partial charge < -0.3 is 10.4 Å². The van der Waals surface area contributed by atoms with E-state index < -0.39 is 0 Å². The quantitative estimate of drug-likeness (QED) is 0.481. The fourth-order valence-corrected chi connectivity index (χ4v) is 5.85. The summed E-state index contributed by atoms with van der Waals surface area (Å²) >= 11 is 1.56. The van der Waals surface area contributed by atoms with Crippen molar-refractivity contribution in [2.24, 2.45) is 0 Å². The number of likely N-dealkylation sites (tertiary alicyclic amines) is 1. The maximum atomic E-state index is 12.8. The van der Waals surface area contributed by atoms with Gasteiger partial charge in [-0.15, -0.1) is 11.3 Å². The van der Waals surface area contributed by atoms with Gasteiger partial charge in [0.25, 0.3) is 5.91 Å². The summed E-state index contributed by atoms with van der Waals surface area (Å²) in [5.74, 6) is 0.239. The predicted octanol–water partition coefficient (Wildman–Crippen LogP) is 4.16. The standard InChI is InChI=1S/C25H25N3O2S/c29-14-12-27-25(30)24-23(20-6-1-2-9-22(20)31-24)18-10-13-28(16-18)15-17-5-3-8-21-19(17)7-4-11-26-21/h1-9,11,18,29H,10,12-16H2,(H,27,30). The van der Waals surface area contributed by atoms with E-state index in [1.54, 1.807) is 11.3 Å². The molecule has 1 amide bonds. The van der Waals surface area contributed by atoms with Crippen molar-refractivity contribution in [1.82, 2.24) is 15.2 Å². The number of rotatable bonds is 6. The first-order chi connectivity index (χ1) is 15.2. The van der Waals surface area contributed by atoms with E-state index in [9.17, 15) is 4.79 Å². The Balaban J connectivity index is 1.42. The molecule has 3 heterocycles. The number of aliphatic hydroxyl groups is 1. The van der Waals surface area contributed by atoms with E-state index >= 15 is 0 Å². The summed E-state index contributed by atoms with van der Waals surface area (Å²) in [6, 6.07) is 18.7. The zero-order chi connectivity index (χ0) is 21.2. The van der Waals surface area contributed by atoms with Gasteiger partial charge in [-0.1, -0.05) is 36.4 Å². The van der Waals surface area contributed by atoms with Crippen molar-refractivity contribution in [2.45, 2.75) is 18.9 Å². The van der Waals surface area contributed by atoms with Gasteiger partial charge in [-0.05, 0) is 47.7 Å². The second-order valence-corrected chi connectivity index (χ2v) is 9.08. The number of nitrogens with zero attached hydrogens (tertiary/aromatic N) is 2. The zero-order valence-corrected chi connectivity index (χ0v) is 18.1. The maximum Gasteiger partial charge on any atom is 0.261 e. The molecule has 0 radical (unpaired) electrons. The number of carbonyl (C=O) groups is 1. The third kappa shape index (κ3) is 3.94. The lowest BCUT2D eigenvalue weighted by Crippen LogP contribution is -2.27. The number of hydrogen-bond acceptors (Lipinski definition) is 5. The Morgan fingerprint density at radius 3 is 2.90 bits per heavy atom. The summed E-state index contributed by atoms with van der Waals surface area (Å²) in [6.07, 6.45) is 2.87. The van der Waals surface area contributed by atoms with E-state index in [0.717, 1.165) is 46.7 Å². The molecule has 1 atom stereocenters. The summed E-state index contributed by atoms with van der Waals surface area (Å²) < 4.78 is 1.14. The second-order valence-electron chi connectivity index (χ2n) is 8.03. The molecule has 1 unspecified atom stereocenters. The molecular weight excluding hydrogens is 406 g/mol. The SMILES string of the molecule is O=C(NCCO)c1sc2ccccc2c1C1CCN(Cc2cccc3ncccc23)C1. The highest BCUT2D eigenvalue weighted by Crippen LogP contribution is 2.40. The van der Waals surface area contributed by atoms with Crippen molar-refractivity contribution >= 4 is 38.2 Å². The second kappa shape index (κ2) is 8.75. The number of thiophene rings is 1. The molecule has 5 nitrogen and oxygen atoms in total. The van der Waals surface area contributed by atoms with Gasteiger partial charge in [0, 0.05) is 41.8 Å². The number of carbonyl (C=O) groups excluding carboxylic acids is 1. The smallest absolute Gasteiger partial charge is 0.261 e. The minimum Gasteiger partial charge on any atom is -0.395 e. The molecule has 4 aromatic rings. The molecule has 1 aliphatic rings. The van der Waals surface area contributed by atoms with E-state index in [1.165, 1.54) is 16.3 Å². The van der Waals surface area contributed by atoms with Gasteiger partial charge in [0.05, 0.1) is 17.0 Å². The summed E-state index contributed by atoms with van der Waals surface area (Å²) in [5, 5.41) is 14.3. The third-order valence-electron chi connectivity index (χ3n) is 6.05. The van der Waals surface area contributed by atoms with Gasteiger partial charge in [0.15, 0.2) is 0 Å². The van der Waals surface area contributed by atoms with Crippen molar-refractivity contribution in [2.75, 3.05) is 26.2 Å². The van der Waals surface area contributed by atoms with Crippen molar-refractivity contribution in [3.8, 4) is 0 Å². The first-order valence-electron chi connectivity index (χ1n) is 10.7. The molecule has 2 N–H and O–H groups in total. The Labute approximate surface area is 185 Å². The van der Waals surface area contributed by atoms with Crippen molar-refractivity contribution < 1.29 is 9.90 Å². The van der Waals surface area contributed by atoms with Gasteiger partial charge in [-0.2, -0.15) is 0 Å². The van der Waals surface area contributed by atoms with E-state index in [2.05, 4.69) is 51.6 Å². The Bertz CT molecular complexity index is 1230. The van der Waals surface area contributed by atoms with Crippen LogP contribution in [0.2, 0.25) is 0 Å². The molecule has 0 saturated carbocycles. The molecule has 0 spiro atoms. The highest BCUT2D eigenvalue weighted by molar-refractivity contribution is 7.21. The normalized spacial score (nSPS) is 16.9. The van der Waals surface area contributed by atoms with Crippen LogP contribution in [0.15, 0.2) is 60.8 Å². The number of nitrogens with one attached hydrogen (secondary N) is 1. The lowest BCUT2D eigenvalue weighted by atomic mass is 9.95. The molecule has 1 saturated heterocycles. The minimum absolute atomic E-state index is 0.0525. The van der Waals surface area contributed by atoms with Crippen LogP contribution in [0.4, 0.5) is 0 Å². The van der Waals surface area contributed by atoms with E-state index in [0.29, 0.717) is 5.92 Å². The average Bonchev–Trinajstić information content (AvgIpc) is 3.42. The van der Waals surface area contributed by atoms with Crippen LogP contribution >= 0.6 is 11.3 Å². The van der Waals surface area contributed by atoms with E-state index in [-0.39, 0.29) is 19.1 Å². The summed E-state index contributed by atoms with van der Waals surface area (Å²) in [7, 11) is 0. The molecule has 31 heavy (non-hydrogen) atoms. The highest BCUT2D eigenvalue weighted by atomic mass is 32.1. The summed E-state index contributed by atoms with van der Waals surface area (Å²) in [6.45, 7) is 3.04. The number of benzene rings is 2. The fraction of sp³-hybridized carbons (Fsp3) is 0.280. The van der Waals surface area contributed by atoms with Crippen molar-refractivity contribution in [3.05, 3.63) is 76.8 Å². The topological polar surface area (TPSA) is 65.5 Å². The molecule has 5 rings (SSSR count). The minimum atomic E-state index is -0.0798. The number of amides is 1. The lowest BCUT2D eigenvalue weighted by Gasteiger charge is -2.18. The molecule has 1 aliphatic heterocycles. The lowest BCUT2D eigenvalue weighted by molar-refractivity contribution is 0.0947. The van der Waals surface area contributed by atoms with Crippen molar-refractivity contribution in [3.63, 3.8) is 0 Å². The number of aromatic nitrogens is 1. The van der Waals surface area contributed by atoms with Gasteiger partial charge in [0.1, 0.15) is 0 Å². The molecule has 1 fully saturated rings. The Kier molecular flexibility index (Phi) is 5.68. The zero-order valence-electron chi connectivity index (χ0n) is 17.3. The van der Waals surface area contributed by atoms with Gasteiger partial charge in [0.2, 0.25) is 0 Å². The van der Waals surface area contributed by atoms with Gasteiger partial charge in [-0.3, -0.25) is 14.7 Å². The Morgan fingerprint density at radius 1 is 1.13 bits per heavy atom. The number of aliphatic hydroxyl groups excluding tert-OH is 1. The van der Waals surface area contributed by atoms with Crippen LogP contribution in [0.1, 0.15) is 33.1 Å². The first-order valence-corrected chi connectivity index (χ1v) is 11.5. The largest absolute Gasteiger partial charge is 0.395 e. The van der Waals surface area contributed by atoms with Crippen LogP contribution in [0.3, 0.4) is 0 Å². The Hall–Kier alpha value is -2.80. The molecule has 2 aromatic heterocycles. The highest BCUT2D eigenvalue weighted by Gasteiger charge is 2.30. The molecule has 0 aliphatic carbocycles.